The van der Waals surface area contributed by atoms with Crippen LogP contribution in [0.25, 0.3) is 0 Å². The molecule has 0 aliphatic heterocycles. The fraction of sp³-hybridized carbons (Fsp3) is 0.190. The molecule has 3 rings (SSSR count). The Labute approximate surface area is 175 Å². The normalized spacial score (nSPS) is 11.2. The van der Waals surface area contributed by atoms with Crippen LogP contribution in [0.3, 0.4) is 0 Å². The summed E-state index contributed by atoms with van der Waals surface area (Å²) in [5, 5.41) is 2.67. The Balaban J connectivity index is 1.57. The molecule has 1 heterocycles. The number of hydrogen-bond donors (Lipinski definition) is 2. The van der Waals surface area contributed by atoms with Crippen molar-refractivity contribution in [3.63, 3.8) is 0 Å². The van der Waals surface area contributed by atoms with E-state index in [1.165, 1.54) is 36.7 Å². The number of anilines is 2. The van der Waals surface area contributed by atoms with Gasteiger partial charge in [0.05, 0.1) is 4.90 Å². The number of benzene rings is 2. The topological polar surface area (TPSA) is 110 Å². The second-order valence-electron chi connectivity index (χ2n) is 6.77. The summed E-state index contributed by atoms with van der Waals surface area (Å²) in [5.74, 6) is 0.608. The van der Waals surface area contributed by atoms with E-state index in [0.29, 0.717) is 17.4 Å². The van der Waals surface area contributed by atoms with Crippen LogP contribution in [0.4, 0.5) is 11.6 Å². The fourth-order valence-corrected chi connectivity index (χ4v) is 3.52. The molecule has 3 aromatic rings. The predicted molar refractivity (Wildman–Crippen MR) is 114 cm³/mol. The zero-order chi connectivity index (χ0) is 21.6. The number of nitrogens with zero attached hydrogens (tertiary/aromatic N) is 2. The van der Waals surface area contributed by atoms with Crippen molar-refractivity contribution in [2.24, 2.45) is 0 Å². The number of nitrogens with one attached hydrogen (secondary N) is 2. The van der Waals surface area contributed by atoms with Gasteiger partial charge in [0.25, 0.3) is 15.9 Å². The first-order valence-corrected chi connectivity index (χ1v) is 10.7. The molecule has 0 aliphatic rings. The minimum Gasteiger partial charge on any atom is -0.484 e. The third-order valence-corrected chi connectivity index (χ3v) is 5.48. The highest BCUT2D eigenvalue weighted by Crippen LogP contribution is 2.20. The number of hydrogen-bond acceptors (Lipinski definition) is 6. The van der Waals surface area contributed by atoms with Crippen LogP contribution in [-0.2, 0) is 14.8 Å². The Morgan fingerprint density at radius 2 is 1.73 bits per heavy atom. The molecule has 0 aliphatic carbocycles. The van der Waals surface area contributed by atoms with E-state index < -0.39 is 10.0 Å². The Kier molecular flexibility index (Phi) is 6.63. The lowest BCUT2D eigenvalue weighted by Crippen LogP contribution is -2.20. The van der Waals surface area contributed by atoms with E-state index in [0.717, 1.165) is 5.56 Å². The van der Waals surface area contributed by atoms with Crippen molar-refractivity contribution >= 4 is 27.6 Å². The second-order valence-corrected chi connectivity index (χ2v) is 8.45. The van der Waals surface area contributed by atoms with Crippen LogP contribution >= 0.6 is 0 Å². The number of amides is 1. The third-order valence-electron chi connectivity index (χ3n) is 4.13. The number of aromatic nitrogens is 2. The third kappa shape index (κ3) is 5.77. The molecule has 0 saturated carbocycles. The Morgan fingerprint density at radius 3 is 2.40 bits per heavy atom. The van der Waals surface area contributed by atoms with Gasteiger partial charge in [-0.15, -0.1) is 0 Å². The zero-order valence-corrected chi connectivity index (χ0v) is 17.4. The molecule has 8 nitrogen and oxygen atoms in total. The van der Waals surface area contributed by atoms with Gasteiger partial charge < -0.3 is 10.1 Å². The van der Waals surface area contributed by atoms with Gasteiger partial charge in [0.1, 0.15) is 5.75 Å². The van der Waals surface area contributed by atoms with Gasteiger partial charge in [-0.05, 0) is 53.9 Å². The van der Waals surface area contributed by atoms with E-state index in [4.69, 9.17) is 4.74 Å². The first-order chi connectivity index (χ1) is 14.3. The SMILES string of the molecule is CC(C)c1cccc(OCC(=O)Nc2ccc(S(=O)(=O)Nc3ncccn3)cc2)c1. The molecule has 0 unspecified atom stereocenters. The van der Waals surface area contributed by atoms with Crippen LogP contribution in [-0.4, -0.2) is 30.9 Å². The van der Waals surface area contributed by atoms with Crippen molar-refractivity contribution < 1.29 is 17.9 Å². The highest BCUT2D eigenvalue weighted by atomic mass is 32.2. The molecule has 0 radical (unpaired) electrons. The number of sulfonamides is 1. The van der Waals surface area contributed by atoms with Gasteiger partial charge in [-0.25, -0.2) is 23.1 Å². The Hall–Kier alpha value is -3.46. The van der Waals surface area contributed by atoms with Crippen molar-refractivity contribution in [2.75, 3.05) is 16.6 Å². The number of ether oxygens (including phenoxy) is 1. The lowest BCUT2D eigenvalue weighted by atomic mass is 10.0. The summed E-state index contributed by atoms with van der Waals surface area (Å²) in [4.78, 5) is 19.8. The average Bonchev–Trinajstić information content (AvgIpc) is 2.73. The van der Waals surface area contributed by atoms with Gasteiger partial charge in [-0.3, -0.25) is 4.79 Å². The quantitative estimate of drug-likeness (QED) is 0.571. The summed E-state index contributed by atoms with van der Waals surface area (Å²) >= 11 is 0. The highest BCUT2D eigenvalue weighted by molar-refractivity contribution is 7.92. The first kappa shape index (κ1) is 21.3. The highest BCUT2D eigenvalue weighted by Gasteiger charge is 2.15. The summed E-state index contributed by atoms with van der Waals surface area (Å²) in [6.07, 6.45) is 2.87. The summed E-state index contributed by atoms with van der Waals surface area (Å²) in [6, 6.07) is 14.9. The van der Waals surface area contributed by atoms with Crippen molar-refractivity contribution in [1.29, 1.82) is 0 Å². The fourth-order valence-electron chi connectivity index (χ4n) is 2.56. The molecule has 0 saturated heterocycles. The smallest absolute Gasteiger partial charge is 0.264 e. The van der Waals surface area contributed by atoms with Gasteiger partial charge in [0.2, 0.25) is 5.95 Å². The van der Waals surface area contributed by atoms with Gasteiger partial charge in [-0.1, -0.05) is 26.0 Å². The minimum atomic E-state index is -3.83. The molecule has 1 aromatic heterocycles. The van der Waals surface area contributed by atoms with E-state index in [-0.39, 0.29) is 23.4 Å². The summed E-state index contributed by atoms with van der Waals surface area (Å²) in [6.45, 7) is 4.00. The van der Waals surface area contributed by atoms with Crippen molar-refractivity contribution in [1.82, 2.24) is 9.97 Å². The monoisotopic (exact) mass is 426 g/mol. The molecule has 9 heteroatoms. The maximum atomic E-state index is 12.4. The van der Waals surface area contributed by atoms with E-state index in [9.17, 15) is 13.2 Å². The number of carbonyl (C=O) groups excluding carboxylic acids is 1. The molecule has 2 aromatic carbocycles. The standard InChI is InChI=1S/C21H22N4O4S/c1-15(2)16-5-3-6-18(13-16)29-14-20(26)24-17-7-9-19(10-8-17)30(27,28)25-21-22-11-4-12-23-21/h3-13,15H,14H2,1-2H3,(H,24,26)(H,22,23,25). The molecular weight excluding hydrogens is 404 g/mol. The van der Waals surface area contributed by atoms with Crippen LogP contribution in [0, 0.1) is 0 Å². The maximum Gasteiger partial charge on any atom is 0.264 e. The molecule has 2 N–H and O–H groups in total. The molecule has 0 fully saturated rings. The lowest BCUT2D eigenvalue weighted by molar-refractivity contribution is -0.118. The molecule has 0 atom stereocenters. The van der Waals surface area contributed by atoms with Crippen molar-refractivity contribution in [3.8, 4) is 5.75 Å². The number of carbonyl (C=O) groups is 1. The predicted octanol–water partition coefficient (Wildman–Crippen LogP) is 3.42. The molecule has 156 valence electrons. The summed E-state index contributed by atoms with van der Waals surface area (Å²) in [7, 11) is -3.83. The van der Waals surface area contributed by atoms with Crippen LogP contribution in [0.5, 0.6) is 5.75 Å². The van der Waals surface area contributed by atoms with Gasteiger partial charge >= 0.3 is 0 Å². The zero-order valence-electron chi connectivity index (χ0n) is 16.6. The van der Waals surface area contributed by atoms with Crippen LogP contribution in [0.2, 0.25) is 0 Å². The van der Waals surface area contributed by atoms with Gasteiger partial charge in [0.15, 0.2) is 6.61 Å². The van der Waals surface area contributed by atoms with E-state index >= 15 is 0 Å². The maximum absolute atomic E-state index is 12.4. The van der Waals surface area contributed by atoms with Gasteiger partial charge in [-0.2, -0.15) is 0 Å². The summed E-state index contributed by atoms with van der Waals surface area (Å²) < 4.78 is 32.6. The van der Waals surface area contributed by atoms with Crippen LogP contribution in [0.1, 0.15) is 25.3 Å². The first-order valence-electron chi connectivity index (χ1n) is 9.26. The summed E-state index contributed by atoms with van der Waals surface area (Å²) in [5.41, 5.74) is 1.58. The molecule has 1 amide bonds. The van der Waals surface area contributed by atoms with Crippen LogP contribution < -0.4 is 14.8 Å². The molecular formula is C21H22N4O4S. The van der Waals surface area contributed by atoms with Crippen molar-refractivity contribution in [3.05, 3.63) is 72.6 Å². The van der Waals surface area contributed by atoms with E-state index in [1.807, 2.05) is 18.2 Å². The second kappa shape index (κ2) is 9.36. The van der Waals surface area contributed by atoms with E-state index in [2.05, 4.69) is 33.9 Å². The van der Waals surface area contributed by atoms with Gasteiger partial charge in [0, 0.05) is 18.1 Å². The molecule has 30 heavy (non-hydrogen) atoms. The molecule has 0 bridgehead atoms. The molecule has 0 spiro atoms. The van der Waals surface area contributed by atoms with Crippen molar-refractivity contribution in [2.45, 2.75) is 24.7 Å². The van der Waals surface area contributed by atoms with E-state index in [1.54, 1.807) is 12.1 Å². The Bertz CT molecular complexity index is 1100. The van der Waals surface area contributed by atoms with Crippen LogP contribution in [0.15, 0.2) is 71.9 Å². The number of rotatable bonds is 8. The Morgan fingerprint density at radius 1 is 1.03 bits per heavy atom. The minimum absolute atomic E-state index is 0.0198. The average molecular weight is 426 g/mol. The largest absolute Gasteiger partial charge is 0.484 e. The lowest BCUT2D eigenvalue weighted by Gasteiger charge is -2.11.